The summed E-state index contributed by atoms with van der Waals surface area (Å²) in [6.45, 7) is 37.9. The Morgan fingerprint density at radius 2 is 0.181 bits per heavy atom. The lowest BCUT2D eigenvalue weighted by Gasteiger charge is -2.38. The molecule has 0 amide bonds. The topological polar surface area (TPSA) is 0 Å². The molecule has 116 heavy (non-hydrogen) atoms. The van der Waals surface area contributed by atoms with E-state index in [9.17, 15) is 0 Å². The van der Waals surface area contributed by atoms with Crippen molar-refractivity contribution in [2.45, 2.75) is 735 Å². The highest BCUT2D eigenvalue weighted by molar-refractivity contribution is 4.85. The second kappa shape index (κ2) is 117. The first-order valence-electron chi connectivity index (χ1n) is 57.5. The average Bonchev–Trinajstić information content (AvgIpc) is 0.869. The summed E-state index contributed by atoms with van der Waals surface area (Å²) in [6.07, 6.45) is 142. The Balaban J connectivity index is -0.000000368. The van der Waals surface area contributed by atoms with E-state index in [0.29, 0.717) is 0 Å². The van der Waals surface area contributed by atoms with Crippen molar-refractivity contribution in [2.24, 2.45) is 16.2 Å². The summed E-state index contributed by atoms with van der Waals surface area (Å²) in [5.74, 6) is 0. The van der Waals surface area contributed by atoms with Gasteiger partial charge in [-0.05, 0) is 93.3 Å². The van der Waals surface area contributed by atoms with E-state index < -0.39 is 0 Å². The maximum absolute atomic E-state index is 2.32. The summed E-state index contributed by atoms with van der Waals surface area (Å²) in [4.78, 5) is 0. The molecule has 0 aromatic carbocycles. The molecule has 3 aliphatic rings. The highest BCUT2D eigenvalue weighted by atomic mass is 14.4. The molecule has 0 nitrogen and oxygen atoms in total. The van der Waals surface area contributed by atoms with Crippen molar-refractivity contribution in [1.82, 2.24) is 0 Å². The van der Waals surface area contributed by atoms with Crippen LogP contribution in [0.3, 0.4) is 0 Å². The van der Waals surface area contributed by atoms with E-state index in [1.54, 1.807) is 77.0 Å². The minimum Gasteiger partial charge on any atom is -0.0683 e. The molecule has 0 aromatic heterocycles. The highest BCUT2D eigenvalue weighted by Gasteiger charge is 2.33. The van der Waals surface area contributed by atoms with Gasteiger partial charge in [0.25, 0.3) is 0 Å². The lowest BCUT2D eigenvalue weighted by molar-refractivity contribution is 0.146. The summed E-state index contributed by atoms with van der Waals surface area (Å²) in [5, 5.41) is 0. The molecule has 3 rings (SSSR count). The van der Waals surface area contributed by atoms with Crippen molar-refractivity contribution in [3.8, 4) is 0 Å². The van der Waals surface area contributed by atoms with E-state index in [1.165, 1.54) is 533 Å². The molecule has 0 aliphatic heterocycles. The third-order valence-corrected chi connectivity index (χ3v) is 27.6. The Morgan fingerprint density at radius 1 is 0.103 bits per heavy atom. The van der Waals surface area contributed by atoms with Gasteiger partial charge >= 0.3 is 0 Å². The molecule has 0 N–H and O–H groups in total. The van der Waals surface area contributed by atoms with Gasteiger partial charge in [0.1, 0.15) is 0 Å². The summed E-state index contributed by atoms with van der Waals surface area (Å²) >= 11 is 0. The van der Waals surface area contributed by atoms with Crippen LogP contribution in [0.25, 0.3) is 0 Å². The zero-order valence-corrected chi connectivity index (χ0v) is 86.7. The van der Waals surface area contributed by atoms with Gasteiger partial charge in [0.2, 0.25) is 0 Å². The van der Waals surface area contributed by atoms with Gasteiger partial charge in [0.05, 0.1) is 0 Å². The molecule has 0 saturated heterocycles. The zero-order valence-electron chi connectivity index (χ0n) is 86.7. The maximum atomic E-state index is 2.32. The molecule has 3 fully saturated rings. The van der Waals surface area contributed by atoms with E-state index >= 15 is 0 Å². The number of hydrogen-bond acceptors (Lipinski definition) is 0. The quantitative estimate of drug-likeness (QED) is 0.0533. The zero-order chi connectivity index (χ0) is 86.7. The molecular weight excluding hydrogens is 1390 g/mol. The minimum absolute atomic E-state index is 0.756. The number of hydrogen-bond donors (Lipinski definition) is 0. The van der Waals surface area contributed by atoms with Crippen molar-refractivity contribution in [3.05, 3.63) is 0 Å². The largest absolute Gasteiger partial charge is 0.0683 e. The van der Waals surface area contributed by atoms with Crippen LogP contribution in [0, 0.1) is 16.2 Å². The number of unbranched alkanes of at least 4 members (excludes halogenated alkanes) is 68. The van der Waals surface area contributed by atoms with Crippen molar-refractivity contribution in [1.29, 1.82) is 0 Å². The molecule has 0 heterocycles. The molecule has 708 valence electrons. The first-order chi connectivity index (χ1) is 57.5. The van der Waals surface area contributed by atoms with Gasteiger partial charge in [0, 0.05) is 0 Å². The Labute approximate surface area is 746 Å². The third kappa shape index (κ3) is 97.8. The van der Waals surface area contributed by atoms with E-state index in [-0.39, 0.29) is 0 Å². The molecular formula is C116H244. The normalized spacial score (nSPS) is 14.3. The molecule has 0 bridgehead atoms. The smallest absolute Gasteiger partial charge is 0.0297 e. The summed E-state index contributed by atoms with van der Waals surface area (Å²) in [6, 6.07) is 0. The van der Waals surface area contributed by atoms with Crippen LogP contribution >= 0.6 is 0 Å². The fourth-order valence-corrected chi connectivity index (χ4v) is 20.2. The van der Waals surface area contributed by atoms with E-state index in [1.807, 2.05) is 83.1 Å². The molecule has 0 radical (unpaired) electrons. The van der Waals surface area contributed by atoms with E-state index in [0.717, 1.165) is 16.2 Å². The first-order valence-corrected chi connectivity index (χ1v) is 57.5. The van der Waals surface area contributed by atoms with Crippen molar-refractivity contribution in [2.75, 3.05) is 0 Å². The Hall–Kier alpha value is 0. The van der Waals surface area contributed by atoms with Gasteiger partial charge in [0.15, 0.2) is 0 Å². The van der Waals surface area contributed by atoms with Crippen LogP contribution in [0.15, 0.2) is 0 Å². The monoisotopic (exact) mass is 1640 g/mol. The van der Waals surface area contributed by atoms with Crippen LogP contribution in [-0.2, 0) is 0 Å². The molecule has 0 heteroatoms. The Morgan fingerprint density at radius 3 is 0.267 bits per heavy atom. The second-order valence-corrected chi connectivity index (χ2v) is 37.7. The minimum atomic E-state index is 0.756. The summed E-state index contributed by atoms with van der Waals surface area (Å²) in [7, 11) is 0. The van der Waals surface area contributed by atoms with Crippen LogP contribution < -0.4 is 0 Å². The van der Waals surface area contributed by atoms with Crippen molar-refractivity contribution >= 4 is 0 Å². The van der Waals surface area contributed by atoms with Gasteiger partial charge in [-0.1, -0.05) is 658 Å². The van der Waals surface area contributed by atoms with Gasteiger partial charge in [-0.2, -0.15) is 0 Å². The SMILES string of the molecule is CC.CC.CC.CC.CC.CC.CCCCCCCCCCCCC1(CCCCCCCCCCCC)CCCCC1.CCCCCCCCCCCCCCCC1(CCCCCCCCCCCCCCC)CCCCC1.CCCCCCCCCCCCCCCCC1(CCCCCCCCCCCCCCCC)CCCCC1. The predicted octanol–water partition coefficient (Wildman–Crippen LogP) is 46.3. The molecule has 0 atom stereocenters. The van der Waals surface area contributed by atoms with E-state index in [4.69, 9.17) is 0 Å². The number of rotatable bonds is 80. The Kier molecular flexibility index (Phi) is 128. The first kappa shape index (κ1) is 127. The lowest BCUT2D eigenvalue weighted by atomic mass is 9.68. The van der Waals surface area contributed by atoms with Crippen LogP contribution in [0.4, 0.5) is 0 Å². The van der Waals surface area contributed by atoms with Gasteiger partial charge in [-0.3, -0.25) is 0 Å². The van der Waals surface area contributed by atoms with Gasteiger partial charge in [-0.15, -0.1) is 0 Å². The highest BCUT2D eigenvalue weighted by Crippen LogP contribution is 2.48. The second-order valence-electron chi connectivity index (χ2n) is 37.7. The fraction of sp³-hybridized carbons (Fsp3) is 1.00. The molecule has 0 unspecified atom stereocenters. The third-order valence-electron chi connectivity index (χ3n) is 27.6. The van der Waals surface area contributed by atoms with Crippen molar-refractivity contribution in [3.63, 3.8) is 0 Å². The molecule has 3 aliphatic carbocycles. The average molecular weight is 1640 g/mol. The predicted molar refractivity (Wildman–Crippen MR) is 548 cm³/mol. The fourth-order valence-electron chi connectivity index (χ4n) is 20.2. The van der Waals surface area contributed by atoms with Gasteiger partial charge in [-0.25, -0.2) is 0 Å². The van der Waals surface area contributed by atoms with Crippen LogP contribution in [0.1, 0.15) is 735 Å². The van der Waals surface area contributed by atoms with Crippen LogP contribution in [0.5, 0.6) is 0 Å². The maximum Gasteiger partial charge on any atom is -0.0297 e. The van der Waals surface area contributed by atoms with Crippen LogP contribution in [0.2, 0.25) is 0 Å². The standard InChI is InChI=1S/C38H76.C36H72.C30H60.6C2H6/c1-3-5-7-9-11-13-15-17-19-21-23-25-27-30-34-38(36-32-29-33-37-38)35-31-28-26-24-22-20-18-16-14-12-10-8-6-4-2;1-3-5-7-9-11-13-15-17-19-21-23-25-28-32-36(34-30-27-31-35-36)33-29-26-24-22-20-18-16-14-12-10-8-6-4-2;1-3-5-7-9-11-13-15-17-19-22-26-30(28-24-21-25-29-30)27-23-20-18-16-14-12-10-8-6-4-2;6*1-2/h3-37H2,1-2H3;3-35H2,1-2H3;3-29H2,1-2H3;6*1-2H3. The lowest BCUT2D eigenvalue weighted by Crippen LogP contribution is -2.24. The van der Waals surface area contributed by atoms with Crippen LogP contribution in [-0.4, -0.2) is 0 Å². The van der Waals surface area contributed by atoms with Crippen molar-refractivity contribution < 1.29 is 0 Å². The van der Waals surface area contributed by atoms with Gasteiger partial charge < -0.3 is 0 Å². The molecule has 3 saturated carbocycles. The Bertz CT molecular complexity index is 1430. The summed E-state index contributed by atoms with van der Waals surface area (Å²) < 4.78 is 0. The van der Waals surface area contributed by atoms with E-state index in [2.05, 4.69) is 41.5 Å². The molecule has 0 aromatic rings. The molecule has 0 spiro atoms. The summed E-state index contributed by atoms with van der Waals surface area (Å²) in [5.41, 5.74) is 2.28.